The Morgan fingerprint density at radius 2 is 2.12 bits per heavy atom. The molecule has 126 valence electrons. The van der Waals surface area contributed by atoms with Gasteiger partial charge in [0.15, 0.2) is 0 Å². The van der Waals surface area contributed by atoms with Crippen molar-refractivity contribution in [3.05, 3.63) is 53.6 Å². The van der Waals surface area contributed by atoms with Gasteiger partial charge in [0, 0.05) is 26.7 Å². The summed E-state index contributed by atoms with van der Waals surface area (Å²) in [6, 6.07) is 9.49. The first-order valence-electron chi connectivity index (χ1n) is 8.19. The van der Waals surface area contributed by atoms with E-state index in [1.807, 2.05) is 53.0 Å². The van der Waals surface area contributed by atoms with Gasteiger partial charge in [0.1, 0.15) is 5.69 Å². The Kier molecular flexibility index (Phi) is 4.64. The monoisotopic (exact) mass is 326 g/mol. The normalized spacial score (nSPS) is 17.1. The molecule has 0 aliphatic carbocycles. The van der Waals surface area contributed by atoms with Crippen molar-refractivity contribution >= 4 is 11.8 Å². The number of hydrogen-bond donors (Lipinski definition) is 1. The van der Waals surface area contributed by atoms with Gasteiger partial charge in [0.25, 0.3) is 5.91 Å². The second kappa shape index (κ2) is 6.86. The Morgan fingerprint density at radius 1 is 1.29 bits per heavy atom. The fourth-order valence-corrected chi connectivity index (χ4v) is 3.14. The summed E-state index contributed by atoms with van der Waals surface area (Å²) < 4.78 is 1.85. The summed E-state index contributed by atoms with van der Waals surface area (Å²) in [5.41, 5.74) is 2.38. The van der Waals surface area contributed by atoms with Crippen molar-refractivity contribution in [2.24, 2.45) is 7.05 Å². The van der Waals surface area contributed by atoms with Gasteiger partial charge in [-0.1, -0.05) is 6.07 Å². The highest BCUT2D eigenvalue weighted by Gasteiger charge is 2.32. The Labute approximate surface area is 141 Å². The van der Waals surface area contributed by atoms with Crippen molar-refractivity contribution in [2.45, 2.75) is 32.4 Å². The van der Waals surface area contributed by atoms with Gasteiger partial charge in [-0.2, -0.15) is 0 Å². The molecule has 0 bridgehead atoms. The molecule has 6 heteroatoms. The molecule has 24 heavy (non-hydrogen) atoms. The quantitative estimate of drug-likeness (QED) is 0.935. The highest BCUT2D eigenvalue weighted by molar-refractivity contribution is 5.93. The minimum atomic E-state index is -0.0800. The molecule has 3 heterocycles. The Hall–Kier alpha value is -2.63. The van der Waals surface area contributed by atoms with Crippen LogP contribution in [0, 0.1) is 0 Å². The SMILES string of the molecule is CC(=O)NCc1cccc([C@@H]2CCCN2C(=O)c2cccn2C)n1. The molecule has 3 rings (SSSR count). The van der Waals surface area contributed by atoms with Crippen LogP contribution >= 0.6 is 0 Å². The zero-order valence-corrected chi connectivity index (χ0v) is 14.0. The molecule has 1 fully saturated rings. The molecule has 1 N–H and O–H groups in total. The van der Waals surface area contributed by atoms with Crippen LogP contribution in [0.3, 0.4) is 0 Å². The number of aromatic nitrogens is 2. The first-order valence-corrected chi connectivity index (χ1v) is 8.19. The highest BCUT2D eigenvalue weighted by atomic mass is 16.2. The van der Waals surface area contributed by atoms with Crippen molar-refractivity contribution in [3.8, 4) is 0 Å². The lowest BCUT2D eigenvalue weighted by atomic mass is 10.1. The van der Waals surface area contributed by atoms with Crippen molar-refractivity contribution in [2.75, 3.05) is 6.54 Å². The predicted octanol–water partition coefficient (Wildman–Crippen LogP) is 2.03. The largest absolute Gasteiger partial charge is 0.351 e. The van der Waals surface area contributed by atoms with Gasteiger partial charge >= 0.3 is 0 Å². The number of amides is 2. The first-order chi connectivity index (χ1) is 11.6. The topological polar surface area (TPSA) is 67.2 Å². The van der Waals surface area contributed by atoms with Gasteiger partial charge in [-0.25, -0.2) is 0 Å². The maximum atomic E-state index is 12.8. The van der Waals surface area contributed by atoms with E-state index in [1.165, 1.54) is 6.92 Å². The van der Waals surface area contributed by atoms with Crippen molar-refractivity contribution in [1.29, 1.82) is 0 Å². The van der Waals surface area contributed by atoms with Crippen LogP contribution in [0.2, 0.25) is 0 Å². The fourth-order valence-electron chi connectivity index (χ4n) is 3.14. The molecule has 0 spiro atoms. The number of carbonyl (C=O) groups is 2. The molecule has 0 radical (unpaired) electrons. The summed E-state index contributed by atoms with van der Waals surface area (Å²) in [6.45, 7) is 2.63. The molecule has 1 aliphatic rings. The summed E-state index contributed by atoms with van der Waals surface area (Å²) in [4.78, 5) is 30.5. The fraction of sp³-hybridized carbons (Fsp3) is 0.389. The van der Waals surface area contributed by atoms with E-state index >= 15 is 0 Å². The van der Waals surface area contributed by atoms with Crippen molar-refractivity contribution in [1.82, 2.24) is 19.8 Å². The Balaban J connectivity index is 1.80. The number of nitrogens with zero attached hydrogens (tertiary/aromatic N) is 3. The van der Waals surface area contributed by atoms with Crippen LogP contribution in [0.1, 0.15) is 47.7 Å². The van der Waals surface area contributed by atoms with E-state index in [1.54, 1.807) is 0 Å². The molecule has 0 unspecified atom stereocenters. The molecule has 1 atom stereocenters. The molecule has 2 amide bonds. The molecule has 0 saturated carbocycles. The maximum Gasteiger partial charge on any atom is 0.271 e. The Morgan fingerprint density at radius 3 is 2.83 bits per heavy atom. The summed E-state index contributed by atoms with van der Waals surface area (Å²) >= 11 is 0. The standard InChI is InChI=1S/C18H22N4O2/c1-13(23)19-12-14-6-3-7-15(20-14)16-8-5-11-22(16)18(24)17-9-4-10-21(17)2/h3-4,6-7,9-10,16H,5,8,11-12H2,1-2H3,(H,19,23)/t16-/m0/s1. The van der Waals surface area contributed by atoms with E-state index in [0.29, 0.717) is 12.2 Å². The van der Waals surface area contributed by atoms with Crippen LogP contribution in [0.25, 0.3) is 0 Å². The second-order valence-corrected chi connectivity index (χ2v) is 6.12. The van der Waals surface area contributed by atoms with E-state index in [9.17, 15) is 9.59 Å². The predicted molar refractivity (Wildman–Crippen MR) is 90.2 cm³/mol. The van der Waals surface area contributed by atoms with Gasteiger partial charge < -0.3 is 14.8 Å². The number of rotatable bonds is 4. The van der Waals surface area contributed by atoms with Crippen LogP contribution in [0.15, 0.2) is 36.5 Å². The maximum absolute atomic E-state index is 12.8. The van der Waals surface area contributed by atoms with Gasteiger partial charge in [-0.15, -0.1) is 0 Å². The van der Waals surface area contributed by atoms with E-state index < -0.39 is 0 Å². The third kappa shape index (κ3) is 3.32. The molecule has 0 aromatic carbocycles. The molecule has 6 nitrogen and oxygen atoms in total. The van der Waals surface area contributed by atoms with Gasteiger partial charge in [-0.05, 0) is 37.1 Å². The smallest absolute Gasteiger partial charge is 0.271 e. The average Bonchev–Trinajstić information content (AvgIpc) is 3.21. The van der Waals surface area contributed by atoms with Gasteiger partial charge in [0.2, 0.25) is 5.91 Å². The number of nitrogens with one attached hydrogen (secondary N) is 1. The number of hydrogen-bond acceptors (Lipinski definition) is 3. The minimum absolute atomic E-state index is 0.00956. The van der Waals surface area contributed by atoms with E-state index in [0.717, 1.165) is 30.8 Å². The lowest BCUT2D eigenvalue weighted by Crippen LogP contribution is -2.32. The van der Waals surface area contributed by atoms with Crippen LogP contribution in [-0.4, -0.2) is 32.8 Å². The molecule has 2 aromatic heterocycles. The van der Waals surface area contributed by atoms with E-state index in [2.05, 4.69) is 10.3 Å². The average molecular weight is 326 g/mol. The van der Waals surface area contributed by atoms with E-state index in [4.69, 9.17) is 0 Å². The molecule has 2 aromatic rings. The van der Waals surface area contributed by atoms with Gasteiger partial charge in [-0.3, -0.25) is 14.6 Å². The summed E-state index contributed by atoms with van der Waals surface area (Å²) in [5.74, 6) is -0.0392. The second-order valence-electron chi connectivity index (χ2n) is 6.12. The van der Waals surface area contributed by atoms with Crippen LogP contribution < -0.4 is 5.32 Å². The van der Waals surface area contributed by atoms with Crippen molar-refractivity contribution < 1.29 is 9.59 Å². The first kappa shape index (κ1) is 16.2. The third-order valence-corrected chi connectivity index (χ3v) is 4.36. The lowest BCUT2D eigenvalue weighted by molar-refractivity contribution is -0.119. The van der Waals surface area contributed by atoms with Crippen LogP contribution in [0.4, 0.5) is 0 Å². The summed E-state index contributed by atoms with van der Waals surface area (Å²) in [6.07, 6.45) is 3.76. The Bertz CT molecular complexity index is 753. The minimum Gasteiger partial charge on any atom is -0.351 e. The number of carbonyl (C=O) groups excluding carboxylic acids is 2. The molecule has 1 aliphatic heterocycles. The van der Waals surface area contributed by atoms with Crippen LogP contribution in [-0.2, 0) is 18.4 Å². The van der Waals surface area contributed by atoms with Crippen molar-refractivity contribution in [3.63, 3.8) is 0 Å². The highest BCUT2D eigenvalue weighted by Crippen LogP contribution is 2.32. The zero-order chi connectivity index (χ0) is 17.1. The number of likely N-dealkylation sites (tertiary alicyclic amines) is 1. The van der Waals surface area contributed by atoms with Gasteiger partial charge in [0.05, 0.1) is 24.0 Å². The number of aryl methyl sites for hydroxylation is 1. The lowest BCUT2D eigenvalue weighted by Gasteiger charge is -2.25. The molecule has 1 saturated heterocycles. The molecular formula is C18H22N4O2. The number of pyridine rings is 1. The van der Waals surface area contributed by atoms with Crippen LogP contribution in [0.5, 0.6) is 0 Å². The third-order valence-electron chi connectivity index (χ3n) is 4.36. The molecular weight excluding hydrogens is 304 g/mol. The zero-order valence-electron chi connectivity index (χ0n) is 14.0. The van der Waals surface area contributed by atoms with E-state index in [-0.39, 0.29) is 17.9 Å². The summed E-state index contributed by atoms with van der Waals surface area (Å²) in [7, 11) is 1.88. The summed E-state index contributed by atoms with van der Waals surface area (Å²) in [5, 5.41) is 2.76.